The number of carbonyl (C=O) groups is 1. The van der Waals surface area contributed by atoms with Gasteiger partial charge < -0.3 is 14.8 Å². The number of aromatic carboxylic acids is 1. The summed E-state index contributed by atoms with van der Waals surface area (Å²) in [5.41, 5.74) is 0.614. The Kier molecular flexibility index (Phi) is 6.52. The SMILES string of the molecule is O=C(O)c1[nH]c2c(-c3ncc(C(F)(F)F)cc3Cl)cccc2c1CCCOc1cccc2ccccc12. The normalized spacial score (nSPS) is 11.8. The van der Waals surface area contributed by atoms with Crippen molar-refractivity contribution >= 4 is 39.2 Å². The Hall–Kier alpha value is -4.04. The molecule has 5 rings (SSSR count). The van der Waals surface area contributed by atoms with E-state index in [-0.39, 0.29) is 16.4 Å². The first kappa shape index (κ1) is 24.6. The van der Waals surface area contributed by atoms with Crippen molar-refractivity contribution in [2.45, 2.75) is 19.0 Å². The predicted molar refractivity (Wildman–Crippen MR) is 136 cm³/mol. The van der Waals surface area contributed by atoms with Crippen LogP contribution in [0, 0.1) is 0 Å². The maximum atomic E-state index is 13.1. The number of carboxylic acid groups (broad SMARTS) is 1. The summed E-state index contributed by atoms with van der Waals surface area (Å²) in [6.45, 7) is 0.367. The molecule has 0 bridgehead atoms. The van der Waals surface area contributed by atoms with Crippen LogP contribution in [0.1, 0.15) is 28.0 Å². The van der Waals surface area contributed by atoms with Gasteiger partial charge in [0.1, 0.15) is 11.4 Å². The number of aromatic nitrogens is 2. The van der Waals surface area contributed by atoms with E-state index in [4.69, 9.17) is 16.3 Å². The number of hydrogen-bond donors (Lipinski definition) is 2. The van der Waals surface area contributed by atoms with E-state index in [0.29, 0.717) is 47.7 Å². The van der Waals surface area contributed by atoms with Gasteiger partial charge in [-0.25, -0.2) is 4.79 Å². The van der Waals surface area contributed by atoms with Gasteiger partial charge in [0.05, 0.1) is 28.4 Å². The minimum absolute atomic E-state index is 0.00986. The predicted octanol–water partition coefficient (Wildman–Crippen LogP) is 7.77. The summed E-state index contributed by atoms with van der Waals surface area (Å²) in [5.74, 6) is -0.389. The van der Waals surface area contributed by atoms with Crippen LogP contribution >= 0.6 is 11.6 Å². The molecule has 0 unspecified atom stereocenters. The van der Waals surface area contributed by atoms with Crippen LogP contribution < -0.4 is 4.74 Å². The molecule has 5 aromatic rings. The average Bonchev–Trinajstić information content (AvgIpc) is 3.25. The van der Waals surface area contributed by atoms with E-state index in [1.54, 1.807) is 18.2 Å². The number of aromatic amines is 1. The van der Waals surface area contributed by atoms with E-state index in [0.717, 1.165) is 22.6 Å². The molecule has 0 atom stereocenters. The minimum Gasteiger partial charge on any atom is -0.493 e. The number of carboxylic acids is 1. The molecule has 5 nitrogen and oxygen atoms in total. The number of fused-ring (bicyclic) bond motifs is 2. The first-order chi connectivity index (χ1) is 17.7. The zero-order valence-corrected chi connectivity index (χ0v) is 20.0. The molecule has 0 fully saturated rings. The number of nitrogens with zero attached hydrogens (tertiary/aromatic N) is 1. The lowest BCUT2D eigenvalue weighted by molar-refractivity contribution is -0.137. The highest BCUT2D eigenvalue weighted by Crippen LogP contribution is 2.37. The van der Waals surface area contributed by atoms with Crippen molar-refractivity contribution in [1.82, 2.24) is 9.97 Å². The van der Waals surface area contributed by atoms with Crippen LogP contribution in [-0.4, -0.2) is 27.7 Å². The van der Waals surface area contributed by atoms with Gasteiger partial charge >= 0.3 is 12.1 Å². The summed E-state index contributed by atoms with van der Waals surface area (Å²) in [7, 11) is 0. The van der Waals surface area contributed by atoms with Crippen LogP contribution in [0.4, 0.5) is 13.2 Å². The quantitative estimate of drug-likeness (QED) is 0.213. The number of nitrogens with one attached hydrogen (secondary N) is 1. The van der Waals surface area contributed by atoms with Crippen LogP contribution in [0.25, 0.3) is 32.9 Å². The molecule has 0 aliphatic heterocycles. The van der Waals surface area contributed by atoms with Gasteiger partial charge in [0.2, 0.25) is 0 Å². The van der Waals surface area contributed by atoms with Crippen molar-refractivity contribution in [2.75, 3.05) is 6.61 Å². The van der Waals surface area contributed by atoms with Gasteiger partial charge in [-0.15, -0.1) is 0 Å². The molecule has 2 heterocycles. The molecule has 0 aliphatic rings. The third-order valence-electron chi connectivity index (χ3n) is 6.16. The summed E-state index contributed by atoms with van der Waals surface area (Å²) in [6.07, 6.45) is -2.91. The summed E-state index contributed by atoms with van der Waals surface area (Å²) in [5, 5.41) is 12.3. The Bertz CT molecular complexity index is 1620. The fourth-order valence-electron chi connectivity index (χ4n) is 4.46. The molecule has 0 amide bonds. The number of alkyl halides is 3. The highest BCUT2D eigenvalue weighted by atomic mass is 35.5. The van der Waals surface area contributed by atoms with Crippen molar-refractivity contribution in [2.24, 2.45) is 0 Å². The van der Waals surface area contributed by atoms with Gasteiger partial charge in [-0.1, -0.05) is 66.2 Å². The number of ether oxygens (including phenoxy) is 1. The van der Waals surface area contributed by atoms with Gasteiger partial charge in [0, 0.05) is 22.5 Å². The molecule has 0 saturated heterocycles. The lowest BCUT2D eigenvalue weighted by Gasteiger charge is -2.10. The summed E-state index contributed by atoms with van der Waals surface area (Å²) in [6, 6.07) is 19.6. The van der Waals surface area contributed by atoms with E-state index < -0.39 is 17.7 Å². The first-order valence-electron chi connectivity index (χ1n) is 11.4. The maximum absolute atomic E-state index is 13.1. The van der Waals surface area contributed by atoms with Crippen LogP contribution in [0.2, 0.25) is 5.02 Å². The van der Waals surface area contributed by atoms with Crippen molar-refractivity contribution in [3.05, 3.63) is 94.8 Å². The largest absolute Gasteiger partial charge is 0.493 e. The fraction of sp³-hybridized carbons (Fsp3) is 0.143. The van der Waals surface area contributed by atoms with Crippen molar-refractivity contribution in [3.8, 4) is 17.0 Å². The molecule has 0 aliphatic carbocycles. The molecule has 0 saturated carbocycles. The van der Waals surface area contributed by atoms with Crippen molar-refractivity contribution < 1.29 is 27.8 Å². The smallest absolute Gasteiger partial charge is 0.417 e. The second-order valence-electron chi connectivity index (χ2n) is 8.49. The van der Waals surface area contributed by atoms with Crippen molar-refractivity contribution in [3.63, 3.8) is 0 Å². The van der Waals surface area contributed by atoms with E-state index in [2.05, 4.69) is 9.97 Å². The van der Waals surface area contributed by atoms with Crippen LogP contribution in [0.3, 0.4) is 0 Å². The Morgan fingerprint density at radius 2 is 1.76 bits per heavy atom. The Labute approximate surface area is 214 Å². The number of H-pyrrole nitrogens is 1. The molecule has 188 valence electrons. The number of para-hydroxylation sites is 1. The summed E-state index contributed by atoms with van der Waals surface area (Å²) in [4.78, 5) is 18.9. The van der Waals surface area contributed by atoms with Gasteiger partial charge in [0.15, 0.2) is 0 Å². The Balaban J connectivity index is 1.43. The van der Waals surface area contributed by atoms with E-state index >= 15 is 0 Å². The molecule has 2 N–H and O–H groups in total. The Morgan fingerprint density at radius 3 is 2.51 bits per heavy atom. The second kappa shape index (κ2) is 9.78. The molecule has 9 heteroatoms. The third-order valence-corrected chi connectivity index (χ3v) is 6.45. The second-order valence-corrected chi connectivity index (χ2v) is 8.90. The monoisotopic (exact) mass is 524 g/mol. The maximum Gasteiger partial charge on any atom is 0.417 e. The molecule has 3 aromatic carbocycles. The zero-order valence-electron chi connectivity index (χ0n) is 19.3. The topological polar surface area (TPSA) is 75.2 Å². The number of aryl methyl sites for hydroxylation is 1. The summed E-state index contributed by atoms with van der Waals surface area (Å²) < 4.78 is 45.2. The summed E-state index contributed by atoms with van der Waals surface area (Å²) >= 11 is 6.17. The number of rotatable bonds is 7. The lowest BCUT2D eigenvalue weighted by atomic mass is 10.0. The molecule has 0 radical (unpaired) electrons. The number of benzene rings is 3. The van der Waals surface area contributed by atoms with E-state index in [9.17, 15) is 23.1 Å². The van der Waals surface area contributed by atoms with E-state index in [1.807, 2.05) is 42.5 Å². The fourth-order valence-corrected chi connectivity index (χ4v) is 4.73. The molecule has 37 heavy (non-hydrogen) atoms. The van der Waals surface area contributed by atoms with Gasteiger partial charge in [-0.2, -0.15) is 13.2 Å². The van der Waals surface area contributed by atoms with E-state index in [1.165, 1.54) is 0 Å². The zero-order chi connectivity index (χ0) is 26.2. The molecule has 0 spiro atoms. The highest BCUT2D eigenvalue weighted by Gasteiger charge is 2.32. The standard InChI is InChI=1S/C28H20ClF3N2O3/c29-22-14-17(28(30,31)32)15-33-25(22)21-10-4-9-19-20(26(27(35)36)34-24(19)21)11-5-13-37-23-12-3-7-16-6-1-2-8-18(16)23/h1-4,6-10,12,14-15,34H,5,11,13H2,(H,35,36). The lowest BCUT2D eigenvalue weighted by Crippen LogP contribution is -2.05. The van der Waals surface area contributed by atoms with Gasteiger partial charge in [-0.3, -0.25) is 4.98 Å². The van der Waals surface area contributed by atoms with Crippen molar-refractivity contribution in [1.29, 1.82) is 0 Å². The third kappa shape index (κ3) is 4.84. The van der Waals surface area contributed by atoms with Crippen LogP contribution in [-0.2, 0) is 12.6 Å². The number of pyridine rings is 1. The highest BCUT2D eigenvalue weighted by molar-refractivity contribution is 6.33. The first-order valence-corrected chi connectivity index (χ1v) is 11.8. The molecular weight excluding hydrogens is 505 g/mol. The molecular formula is C28H20ClF3N2O3. The number of halogens is 4. The minimum atomic E-state index is -4.58. The average molecular weight is 525 g/mol. The molecule has 2 aromatic heterocycles. The van der Waals surface area contributed by atoms with Gasteiger partial charge in [-0.05, 0) is 35.9 Å². The van der Waals surface area contributed by atoms with Crippen LogP contribution in [0.5, 0.6) is 5.75 Å². The van der Waals surface area contributed by atoms with Gasteiger partial charge in [0.25, 0.3) is 0 Å². The number of hydrogen-bond acceptors (Lipinski definition) is 3. The Morgan fingerprint density at radius 1 is 1.03 bits per heavy atom. The van der Waals surface area contributed by atoms with Crippen LogP contribution in [0.15, 0.2) is 72.9 Å².